The molecular formula is C25H33N3O3S. The first kappa shape index (κ1) is 22.8. The quantitative estimate of drug-likeness (QED) is 0.712. The summed E-state index contributed by atoms with van der Waals surface area (Å²) in [6.07, 6.45) is 6.12. The monoisotopic (exact) mass is 455 g/mol. The van der Waals surface area contributed by atoms with E-state index in [1.54, 1.807) is 16.4 Å². The number of nitrogens with one attached hydrogen (secondary N) is 1. The third-order valence-electron chi connectivity index (χ3n) is 6.39. The summed E-state index contributed by atoms with van der Waals surface area (Å²) >= 11 is 0. The van der Waals surface area contributed by atoms with Crippen LogP contribution in [-0.4, -0.2) is 44.8 Å². The Balaban J connectivity index is 1.62. The van der Waals surface area contributed by atoms with Crippen LogP contribution in [-0.2, 0) is 16.6 Å². The second-order valence-electron chi connectivity index (χ2n) is 8.87. The average Bonchev–Trinajstić information content (AvgIpc) is 2.83. The number of nitrogens with zero attached hydrogens (tertiary/aromatic N) is 2. The van der Waals surface area contributed by atoms with E-state index in [-0.39, 0.29) is 10.8 Å². The highest BCUT2D eigenvalue weighted by Crippen LogP contribution is 2.32. The minimum absolute atomic E-state index is 0.258. The van der Waals surface area contributed by atoms with Gasteiger partial charge in [0.05, 0.1) is 5.69 Å². The lowest BCUT2D eigenvalue weighted by molar-refractivity contribution is 0.0950. The minimum atomic E-state index is -3.66. The standard InChI is InChI=1S/C25H33N3O3S/c1-20-9-8-10-21(17-20)19-26-25(29)22-11-12-23(27-13-4-2-5-14-27)24(18-22)32(30,31)28-15-6-3-7-16-28/h8-12,17-18H,2-7,13-16,19H2,1H3,(H,26,29). The molecule has 0 aromatic heterocycles. The van der Waals surface area contributed by atoms with Gasteiger partial charge in [-0.05, 0) is 62.8 Å². The number of benzene rings is 2. The average molecular weight is 456 g/mol. The number of aryl methyl sites for hydroxylation is 1. The summed E-state index contributed by atoms with van der Waals surface area (Å²) in [6, 6.07) is 13.1. The van der Waals surface area contributed by atoms with Crippen LogP contribution in [0.25, 0.3) is 0 Å². The molecule has 0 bridgehead atoms. The maximum absolute atomic E-state index is 13.6. The number of hydrogen-bond donors (Lipinski definition) is 1. The Bertz CT molecular complexity index is 1060. The lowest BCUT2D eigenvalue weighted by Crippen LogP contribution is -2.38. The Hall–Kier alpha value is -2.38. The highest BCUT2D eigenvalue weighted by Gasteiger charge is 2.31. The van der Waals surface area contributed by atoms with Crippen LogP contribution in [0.2, 0.25) is 0 Å². The molecule has 1 N–H and O–H groups in total. The Morgan fingerprint density at radius 3 is 2.28 bits per heavy atom. The molecule has 2 aliphatic rings. The van der Waals surface area contributed by atoms with Crippen LogP contribution < -0.4 is 10.2 Å². The van der Waals surface area contributed by atoms with Crippen molar-refractivity contribution in [3.63, 3.8) is 0 Å². The maximum Gasteiger partial charge on any atom is 0.251 e. The van der Waals surface area contributed by atoms with Gasteiger partial charge >= 0.3 is 0 Å². The van der Waals surface area contributed by atoms with Gasteiger partial charge in [-0.1, -0.05) is 36.2 Å². The Morgan fingerprint density at radius 1 is 0.906 bits per heavy atom. The molecule has 2 aliphatic heterocycles. The summed E-state index contributed by atoms with van der Waals surface area (Å²) in [5.74, 6) is -0.258. The topological polar surface area (TPSA) is 69.7 Å². The summed E-state index contributed by atoms with van der Waals surface area (Å²) < 4.78 is 28.8. The number of carbonyl (C=O) groups is 1. The predicted octanol–water partition coefficient (Wildman–Crippen LogP) is 4.09. The second-order valence-corrected chi connectivity index (χ2v) is 10.8. The van der Waals surface area contributed by atoms with Gasteiger partial charge in [0.15, 0.2) is 0 Å². The molecule has 1 amide bonds. The Kier molecular flexibility index (Phi) is 7.16. The van der Waals surface area contributed by atoms with Crippen molar-refractivity contribution < 1.29 is 13.2 Å². The van der Waals surface area contributed by atoms with Gasteiger partial charge in [0.25, 0.3) is 5.91 Å². The van der Waals surface area contributed by atoms with E-state index >= 15 is 0 Å². The van der Waals surface area contributed by atoms with Crippen molar-refractivity contribution in [2.45, 2.75) is 56.9 Å². The normalized spacial score (nSPS) is 17.8. The Labute approximate surface area is 191 Å². The molecule has 2 fully saturated rings. The van der Waals surface area contributed by atoms with Crippen LogP contribution >= 0.6 is 0 Å². The largest absolute Gasteiger partial charge is 0.370 e. The zero-order valence-electron chi connectivity index (χ0n) is 18.8. The molecule has 0 spiro atoms. The lowest BCUT2D eigenvalue weighted by atomic mass is 10.1. The van der Waals surface area contributed by atoms with Crippen molar-refractivity contribution in [2.24, 2.45) is 0 Å². The van der Waals surface area contributed by atoms with Crippen LogP contribution in [0.15, 0.2) is 47.4 Å². The van der Waals surface area contributed by atoms with E-state index in [2.05, 4.69) is 10.2 Å². The van der Waals surface area contributed by atoms with E-state index < -0.39 is 10.0 Å². The van der Waals surface area contributed by atoms with Gasteiger partial charge in [-0.2, -0.15) is 4.31 Å². The molecule has 2 aromatic rings. The minimum Gasteiger partial charge on any atom is -0.370 e. The number of carbonyl (C=O) groups excluding carboxylic acids is 1. The number of anilines is 1. The van der Waals surface area contributed by atoms with Crippen LogP contribution in [0.3, 0.4) is 0 Å². The molecule has 7 heteroatoms. The summed E-state index contributed by atoms with van der Waals surface area (Å²) in [6.45, 7) is 5.21. The van der Waals surface area contributed by atoms with Crippen LogP contribution in [0.4, 0.5) is 5.69 Å². The number of piperidine rings is 2. The molecule has 2 saturated heterocycles. The first-order valence-electron chi connectivity index (χ1n) is 11.7. The third-order valence-corrected chi connectivity index (χ3v) is 8.31. The summed E-state index contributed by atoms with van der Waals surface area (Å²) in [5, 5.41) is 2.94. The zero-order chi connectivity index (χ0) is 22.6. The molecule has 6 nitrogen and oxygen atoms in total. The van der Waals surface area contributed by atoms with Gasteiger partial charge in [0.2, 0.25) is 10.0 Å². The van der Waals surface area contributed by atoms with E-state index in [4.69, 9.17) is 0 Å². The predicted molar refractivity (Wildman–Crippen MR) is 127 cm³/mol. The molecular weight excluding hydrogens is 422 g/mol. The molecule has 172 valence electrons. The van der Waals surface area contributed by atoms with Crippen LogP contribution in [0.5, 0.6) is 0 Å². The smallest absolute Gasteiger partial charge is 0.251 e. The number of amides is 1. The van der Waals surface area contributed by atoms with Crippen molar-refractivity contribution in [1.29, 1.82) is 0 Å². The summed E-state index contributed by atoms with van der Waals surface area (Å²) in [4.78, 5) is 15.3. The van der Waals surface area contributed by atoms with Crippen molar-refractivity contribution in [2.75, 3.05) is 31.1 Å². The van der Waals surface area contributed by atoms with Crippen molar-refractivity contribution in [3.8, 4) is 0 Å². The van der Waals surface area contributed by atoms with E-state index in [1.165, 1.54) is 6.42 Å². The van der Waals surface area contributed by atoms with E-state index in [9.17, 15) is 13.2 Å². The number of hydrogen-bond acceptors (Lipinski definition) is 4. The van der Waals surface area contributed by atoms with Gasteiger partial charge in [0, 0.05) is 38.3 Å². The van der Waals surface area contributed by atoms with Crippen molar-refractivity contribution >= 4 is 21.6 Å². The van der Waals surface area contributed by atoms with Crippen LogP contribution in [0.1, 0.15) is 60.0 Å². The molecule has 0 aliphatic carbocycles. The fourth-order valence-electron chi connectivity index (χ4n) is 4.61. The van der Waals surface area contributed by atoms with Crippen LogP contribution in [0, 0.1) is 6.92 Å². The van der Waals surface area contributed by atoms with E-state index in [0.717, 1.165) is 62.0 Å². The molecule has 0 saturated carbocycles. The highest BCUT2D eigenvalue weighted by molar-refractivity contribution is 7.89. The maximum atomic E-state index is 13.6. The fourth-order valence-corrected chi connectivity index (χ4v) is 6.36. The second kappa shape index (κ2) is 10.0. The zero-order valence-corrected chi connectivity index (χ0v) is 19.7. The van der Waals surface area contributed by atoms with E-state index in [1.807, 2.05) is 37.3 Å². The first-order valence-corrected chi connectivity index (χ1v) is 13.1. The van der Waals surface area contributed by atoms with Crippen molar-refractivity contribution in [3.05, 3.63) is 59.2 Å². The van der Waals surface area contributed by atoms with Gasteiger partial charge in [-0.15, -0.1) is 0 Å². The van der Waals surface area contributed by atoms with Gasteiger partial charge in [-0.3, -0.25) is 4.79 Å². The number of rotatable bonds is 6. The highest BCUT2D eigenvalue weighted by atomic mass is 32.2. The van der Waals surface area contributed by atoms with Crippen molar-refractivity contribution in [1.82, 2.24) is 9.62 Å². The van der Waals surface area contributed by atoms with Gasteiger partial charge in [0.1, 0.15) is 4.90 Å². The molecule has 0 unspecified atom stereocenters. The van der Waals surface area contributed by atoms with Gasteiger partial charge < -0.3 is 10.2 Å². The SMILES string of the molecule is Cc1cccc(CNC(=O)c2ccc(N3CCCCC3)c(S(=O)(=O)N3CCCCC3)c2)c1. The lowest BCUT2D eigenvalue weighted by Gasteiger charge is -2.33. The first-order chi connectivity index (χ1) is 15.4. The molecule has 4 rings (SSSR count). The molecule has 0 atom stereocenters. The van der Waals surface area contributed by atoms with Gasteiger partial charge in [-0.25, -0.2) is 8.42 Å². The molecule has 2 heterocycles. The Morgan fingerprint density at radius 2 is 1.59 bits per heavy atom. The molecule has 0 radical (unpaired) electrons. The molecule has 2 aromatic carbocycles. The fraction of sp³-hybridized carbons (Fsp3) is 0.480. The summed E-state index contributed by atoms with van der Waals surface area (Å²) in [7, 11) is -3.66. The third kappa shape index (κ3) is 5.15. The molecule has 32 heavy (non-hydrogen) atoms. The van der Waals surface area contributed by atoms with E-state index in [0.29, 0.717) is 25.2 Å². The number of sulfonamides is 1. The summed E-state index contributed by atoms with van der Waals surface area (Å²) in [5.41, 5.74) is 3.27.